The van der Waals surface area contributed by atoms with Crippen molar-refractivity contribution in [2.45, 2.75) is 70.9 Å². The van der Waals surface area contributed by atoms with E-state index in [9.17, 15) is 29.6 Å². The highest BCUT2D eigenvalue weighted by atomic mass is 16.9. The number of nitrogens with zero attached hydrogens (tertiary/aromatic N) is 1. The third kappa shape index (κ3) is 7.64. The zero-order valence-corrected chi connectivity index (χ0v) is 26.4. The average molecular weight is 659 g/mol. The van der Waals surface area contributed by atoms with Gasteiger partial charge in [-0.25, -0.2) is 9.59 Å². The van der Waals surface area contributed by atoms with Crippen LogP contribution in [0.2, 0.25) is 0 Å². The number of fused-ring (bicyclic) bond motifs is 2. The normalized spacial score (nSPS) is 28.8. The van der Waals surface area contributed by atoms with Gasteiger partial charge in [0.15, 0.2) is 12.2 Å². The summed E-state index contributed by atoms with van der Waals surface area (Å²) in [5.41, 5.74) is 1.66. The SMILES string of the molecule is CC(=O)Nc1c(C)cccc1C(=O)O[C@@H]1CO[C@@H]2C(C)CO[C@@H]21.CC1CO[C@H]2[C@@H]1OC[C@H]2OC(=O)c1cccc(CO[N+](=O)[O-])c1O. The van der Waals surface area contributed by atoms with Crippen LogP contribution in [0.1, 0.15) is 52.6 Å². The van der Waals surface area contributed by atoms with E-state index in [4.69, 9.17) is 28.4 Å². The van der Waals surface area contributed by atoms with E-state index in [1.54, 1.807) is 12.1 Å². The first-order valence-corrected chi connectivity index (χ1v) is 15.3. The van der Waals surface area contributed by atoms with Crippen LogP contribution < -0.4 is 5.32 Å². The number of ether oxygens (including phenoxy) is 6. The van der Waals surface area contributed by atoms with Gasteiger partial charge < -0.3 is 43.7 Å². The summed E-state index contributed by atoms with van der Waals surface area (Å²) in [5, 5.41) is 22.1. The summed E-state index contributed by atoms with van der Waals surface area (Å²) >= 11 is 0. The molecule has 47 heavy (non-hydrogen) atoms. The van der Waals surface area contributed by atoms with Gasteiger partial charge in [0, 0.05) is 24.3 Å². The van der Waals surface area contributed by atoms with Crippen molar-refractivity contribution in [2.75, 3.05) is 31.7 Å². The van der Waals surface area contributed by atoms with E-state index in [1.807, 2.05) is 19.9 Å². The molecule has 0 aromatic heterocycles. The Kier molecular flexibility index (Phi) is 10.6. The first-order valence-electron chi connectivity index (χ1n) is 15.3. The van der Waals surface area contributed by atoms with Gasteiger partial charge in [-0.2, -0.15) is 0 Å². The van der Waals surface area contributed by atoms with Gasteiger partial charge in [0.05, 0.1) is 49.9 Å². The molecule has 4 aliphatic heterocycles. The molecule has 2 N–H and O–H groups in total. The predicted octanol–water partition coefficient (Wildman–Crippen LogP) is 2.97. The third-order valence-electron chi connectivity index (χ3n) is 8.49. The third-order valence-corrected chi connectivity index (χ3v) is 8.49. The summed E-state index contributed by atoms with van der Waals surface area (Å²) < 4.78 is 33.6. The van der Waals surface area contributed by atoms with Crippen LogP contribution in [0.25, 0.3) is 0 Å². The maximum absolute atomic E-state index is 12.5. The van der Waals surface area contributed by atoms with Gasteiger partial charge in [0.1, 0.15) is 30.1 Å². The number of hydrogen-bond acceptors (Lipinski definition) is 13. The van der Waals surface area contributed by atoms with Crippen molar-refractivity contribution >= 4 is 23.5 Å². The van der Waals surface area contributed by atoms with E-state index in [0.717, 1.165) is 5.56 Å². The van der Waals surface area contributed by atoms with E-state index in [2.05, 4.69) is 17.1 Å². The molecule has 2 aromatic carbocycles. The topological polar surface area (TPSA) is 191 Å². The largest absolute Gasteiger partial charge is 0.507 e. The molecular weight excluding hydrogens is 620 g/mol. The molecule has 0 saturated carbocycles. The van der Waals surface area contributed by atoms with Crippen LogP contribution in [0.4, 0.5) is 5.69 Å². The highest BCUT2D eigenvalue weighted by molar-refractivity contribution is 6.01. The van der Waals surface area contributed by atoms with Crippen molar-refractivity contribution in [2.24, 2.45) is 11.8 Å². The molecule has 4 saturated heterocycles. The summed E-state index contributed by atoms with van der Waals surface area (Å²) in [5.74, 6) is -1.32. The quantitative estimate of drug-likeness (QED) is 0.239. The van der Waals surface area contributed by atoms with E-state index >= 15 is 0 Å². The second kappa shape index (κ2) is 14.6. The Bertz CT molecular complexity index is 1500. The van der Waals surface area contributed by atoms with Crippen molar-refractivity contribution < 1.29 is 57.8 Å². The molecule has 6 rings (SSSR count). The van der Waals surface area contributed by atoms with E-state index in [-0.39, 0.29) is 54.0 Å². The van der Waals surface area contributed by atoms with Crippen molar-refractivity contribution in [1.82, 2.24) is 0 Å². The van der Waals surface area contributed by atoms with Gasteiger partial charge in [0.25, 0.3) is 5.09 Å². The summed E-state index contributed by atoms with van der Waals surface area (Å²) in [4.78, 5) is 50.7. The van der Waals surface area contributed by atoms with Crippen LogP contribution in [0.15, 0.2) is 36.4 Å². The molecule has 4 heterocycles. The number of phenolic OH excluding ortho intramolecular Hbond substituents is 1. The second-order valence-corrected chi connectivity index (χ2v) is 12.0. The van der Waals surface area contributed by atoms with Gasteiger partial charge in [-0.3, -0.25) is 4.79 Å². The minimum Gasteiger partial charge on any atom is -0.507 e. The van der Waals surface area contributed by atoms with Gasteiger partial charge in [-0.15, -0.1) is 10.1 Å². The van der Waals surface area contributed by atoms with E-state index < -0.39 is 41.6 Å². The number of aromatic hydroxyl groups is 1. The predicted molar refractivity (Wildman–Crippen MR) is 161 cm³/mol. The Morgan fingerprint density at radius 2 is 1.36 bits per heavy atom. The van der Waals surface area contributed by atoms with Crippen LogP contribution in [0.5, 0.6) is 5.75 Å². The number of aryl methyl sites for hydroxylation is 1. The lowest BCUT2D eigenvalue weighted by Gasteiger charge is -2.18. The van der Waals surface area contributed by atoms with Crippen LogP contribution >= 0.6 is 0 Å². The van der Waals surface area contributed by atoms with Crippen molar-refractivity contribution in [3.63, 3.8) is 0 Å². The fourth-order valence-corrected chi connectivity index (χ4v) is 6.09. The monoisotopic (exact) mass is 658 g/mol. The minimum atomic E-state index is -0.973. The molecule has 15 nitrogen and oxygen atoms in total. The maximum Gasteiger partial charge on any atom is 0.342 e. The number of para-hydroxylation sites is 2. The Balaban J connectivity index is 0.000000185. The lowest BCUT2D eigenvalue weighted by atomic mass is 10.0. The summed E-state index contributed by atoms with van der Waals surface area (Å²) in [6.07, 6.45) is -1.60. The fourth-order valence-electron chi connectivity index (χ4n) is 6.09. The molecule has 254 valence electrons. The van der Waals surface area contributed by atoms with Crippen LogP contribution in [0, 0.1) is 28.9 Å². The van der Waals surface area contributed by atoms with Crippen LogP contribution in [-0.4, -0.2) is 91.1 Å². The highest BCUT2D eigenvalue weighted by Gasteiger charge is 2.49. The van der Waals surface area contributed by atoms with E-state index in [0.29, 0.717) is 37.0 Å². The molecule has 2 aromatic rings. The van der Waals surface area contributed by atoms with Crippen molar-refractivity contribution in [3.05, 3.63) is 68.8 Å². The standard InChI is InChI=1S/C17H21NO5.C15H17NO8/c1-9-5-4-6-12(14(9)18-11(3)19)17(20)23-13-8-22-15-10(2)7-21-16(13)15;1-8-5-21-14-11(7-22-13(8)14)24-15(18)10-4-2-3-9(12(10)17)6-23-16(19)20/h4-6,10,13,15-16H,7-8H2,1-3H3,(H,18,19);2-4,8,11,13-14,17H,5-7H2,1H3/t10?,13-,15-,16-;8?,11-,13-,14-/m11/s1. The molecule has 4 aliphatic rings. The molecule has 0 bridgehead atoms. The summed E-state index contributed by atoms with van der Waals surface area (Å²) in [6.45, 7) is 8.57. The van der Waals surface area contributed by atoms with Crippen LogP contribution in [0.3, 0.4) is 0 Å². The number of hydrogen-bond donors (Lipinski definition) is 2. The lowest BCUT2D eigenvalue weighted by Crippen LogP contribution is -2.33. The van der Waals surface area contributed by atoms with Crippen LogP contribution in [-0.2, 0) is 44.7 Å². The minimum absolute atomic E-state index is 0.0138. The molecule has 4 fully saturated rings. The molecule has 0 aliphatic carbocycles. The van der Waals surface area contributed by atoms with Gasteiger partial charge in [-0.1, -0.05) is 38.1 Å². The number of nitrogens with one attached hydrogen (secondary N) is 1. The molecule has 0 radical (unpaired) electrons. The number of carbonyl (C=O) groups is 3. The molecular formula is C32H38N2O13. The number of esters is 2. The Hall–Kier alpha value is -4.31. The Morgan fingerprint density at radius 1 is 0.851 bits per heavy atom. The first kappa shape index (κ1) is 34.0. The number of benzene rings is 2. The molecule has 0 spiro atoms. The molecule has 15 heteroatoms. The fraction of sp³-hybridized carbons (Fsp3) is 0.531. The van der Waals surface area contributed by atoms with Gasteiger partial charge in [0.2, 0.25) is 5.91 Å². The zero-order valence-electron chi connectivity index (χ0n) is 26.4. The van der Waals surface area contributed by atoms with Crippen molar-refractivity contribution in [3.8, 4) is 5.75 Å². The number of rotatable bonds is 8. The van der Waals surface area contributed by atoms with Gasteiger partial charge in [-0.05, 0) is 24.6 Å². The average Bonchev–Trinajstić information content (AvgIpc) is 3.80. The first-order chi connectivity index (χ1) is 22.4. The second-order valence-electron chi connectivity index (χ2n) is 12.0. The Labute approximate surface area is 270 Å². The number of carbonyl (C=O) groups excluding carboxylic acids is 3. The number of phenols is 1. The summed E-state index contributed by atoms with van der Waals surface area (Å²) in [7, 11) is 0. The summed E-state index contributed by atoms with van der Waals surface area (Å²) in [6, 6.07) is 9.52. The lowest BCUT2D eigenvalue weighted by molar-refractivity contribution is -0.763. The van der Waals surface area contributed by atoms with Gasteiger partial charge >= 0.3 is 11.9 Å². The number of anilines is 1. The molecule has 8 atom stereocenters. The maximum atomic E-state index is 12.5. The van der Waals surface area contributed by atoms with E-state index in [1.165, 1.54) is 25.1 Å². The smallest absolute Gasteiger partial charge is 0.342 e. The Morgan fingerprint density at radius 3 is 1.91 bits per heavy atom. The van der Waals surface area contributed by atoms with Crippen molar-refractivity contribution in [1.29, 1.82) is 0 Å². The number of amides is 1. The zero-order chi connectivity index (χ0) is 33.8. The highest BCUT2D eigenvalue weighted by Crippen LogP contribution is 2.35. The molecule has 2 unspecified atom stereocenters. The molecule has 1 amide bonds.